The van der Waals surface area contributed by atoms with E-state index in [1.807, 2.05) is 11.8 Å². The number of carboxylic acid groups (broad SMARTS) is 1. The Kier molecular flexibility index (Phi) is 5.59. The van der Waals surface area contributed by atoms with Gasteiger partial charge >= 0.3 is 5.97 Å². The lowest BCUT2D eigenvalue weighted by Gasteiger charge is -2.42. The maximum absolute atomic E-state index is 12.1. The first kappa shape index (κ1) is 19.1. The summed E-state index contributed by atoms with van der Waals surface area (Å²) in [5.41, 5.74) is 0.539. The van der Waals surface area contributed by atoms with Crippen molar-refractivity contribution in [1.82, 2.24) is 10.2 Å². The fourth-order valence-corrected chi connectivity index (χ4v) is 3.34. The SMILES string of the molecule is CCN(CC(=O)O)C1CC(Nc2ccc(C(=O)NC3CC3)cc2[N+](=O)[O-])C1. The van der Waals surface area contributed by atoms with Gasteiger partial charge in [0.15, 0.2) is 0 Å². The van der Waals surface area contributed by atoms with Gasteiger partial charge in [-0.2, -0.15) is 0 Å². The molecule has 27 heavy (non-hydrogen) atoms. The van der Waals surface area contributed by atoms with Gasteiger partial charge in [0.2, 0.25) is 0 Å². The molecular formula is C18H24N4O5. The van der Waals surface area contributed by atoms with E-state index in [0.717, 1.165) is 25.7 Å². The van der Waals surface area contributed by atoms with Crippen molar-refractivity contribution >= 4 is 23.3 Å². The van der Waals surface area contributed by atoms with Gasteiger partial charge in [-0.05, 0) is 44.4 Å². The number of carbonyl (C=O) groups is 2. The summed E-state index contributed by atoms with van der Waals surface area (Å²) in [5, 5.41) is 26.4. The molecule has 0 radical (unpaired) electrons. The highest BCUT2D eigenvalue weighted by Gasteiger charge is 2.35. The van der Waals surface area contributed by atoms with E-state index >= 15 is 0 Å². The van der Waals surface area contributed by atoms with Crippen LogP contribution in [-0.4, -0.2) is 58.0 Å². The number of benzene rings is 1. The molecule has 3 rings (SSSR count). The summed E-state index contributed by atoms with van der Waals surface area (Å²) in [6.07, 6.45) is 3.35. The van der Waals surface area contributed by atoms with Crippen LogP contribution < -0.4 is 10.6 Å². The standard InChI is InChI=1S/C18H24N4O5/c1-2-21(10-17(23)24)14-8-13(9-14)19-15-6-3-11(7-16(15)22(26)27)18(25)20-12-4-5-12/h3,6-7,12-14,19H,2,4-5,8-10H2,1H3,(H,20,25)(H,23,24). The molecular weight excluding hydrogens is 352 g/mol. The summed E-state index contributed by atoms with van der Waals surface area (Å²) in [6.45, 7) is 2.56. The lowest BCUT2D eigenvalue weighted by Crippen LogP contribution is -2.51. The molecule has 9 heteroatoms. The summed E-state index contributed by atoms with van der Waals surface area (Å²) in [5.74, 6) is -1.15. The molecule has 1 aromatic rings. The molecule has 146 valence electrons. The van der Waals surface area contributed by atoms with Crippen molar-refractivity contribution in [2.24, 2.45) is 0 Å². The normalized spacial score (nSPS) is 21.4. The largest absolute Gasteiger partial charge is 0.480 e. The fraction of sp³-hybridized carbons (Fsp3) is 0.556. The number of nitrogens with zero attached hydrogens (tertiary/aromatic N) is 2. The predicted molar refractivity (Wildman–Crippen MR) is 98.9 cm³/mol. The predicted octanol–water partition coefficient (Wildman–Crippen LogP) is 1.84. The first-order valence-corrected chi connectivity index (χ1v) is 9.19. The van der Waals surface area contributed by atoms with Crippen LogP contribution in [0.2, 0.25) is 0 Å². The maximum atomic E-state index is 12.1. The summed E-state index contributed by atoms with van der Waals surface area (Å²) >= 11 is 0. The number of nitro benzene ring substituents is 1. The average molecular weight is 376 g/mol. The third kappa shape index (κ3) is 4.73. The van der Waals surface area contributed by atoms with Crippen LogP contribution in [-0.2, 0) is 4.79 Å². The van der Waals surface area contributed by atoms with E-state index in [1.54, 1.807) is 12.1 Å². The van der Waals surface area contributed by atoms with E-state index in [0.29, 0.717) is 12.2 Å². The van der Waals surface area contributed by atoms with Crippen LogP contribution in [0.5, 0.6) is 0 Å². The van der Waals surface area contributed by atoms with Crippen molar-refractivity contribution < 1.29 is 19.6 Å². The minimum absolute atomic E-state index is 0.00115. The molecule has 2 fully saturated rings. The molecule has 2 aliphatic carbocycles. The number of likely N-dealkylation sites (N-methyl/N-ethyl adjacent to an activating group) is 1. The number of nitro groups is 1. The number of hydrogen-bond acceptors (Lipinski definition) is 6. The first-order chi connectivity index (χ1) is 12.9. The third-order valence-corrected chi connectivity index (χ3v) is 5.10. The quantitative estimate of drug-likeness (QED) is 0.443. The Morgan fingerprint density at radius 3 is 2.56 bits per heavy atom. The molecule has 0 heterocycles. The lowest BCUT2D eigenvalue weighted by molar-refractivity contribution is -0.384. The van der Waals surface area contributed by atoms with Crippen molar-refractivity contribution in [2.45, 2.75) is 50.7 Å². The zero-order valence-electron chi connectivity index (χ0n) is 15.2. The molecule has 0 spiro atoms. The van der Waals surface area contributed by atoms with E-state index in [4.69, 9.17) is 5.11 Å². The van der Waals surface area contributed by atoms with Crippen LogP contribution >= 0.6 is 0 Å². The molecule has 1 aromatic carbocycles. The Hall–Kier alpha value is -2.68. The maximum Gasteiger partial charge on any atom is 0.317 e. The molecule has 2 aliphatic rings. The topological polar surface area (TPSA) is 125 Å². The molecule has 0 atom stereocenters. The van der Waals surface area contributed by atoms with E-state index in [-0.39, 0.29) is 41.8 Å². The second kappa shape index (κ2) is 7.91. The van der Waals surface area contributed by atoms with Crippen molar-refractivity contribution in [3.63, 3.8) is 0 Å². The van der Waals surface area contributed by atoms with Crippen LogP contribution in [0.3, 0.4) is 0 Å². The van der Waals surface area contributed by atoms with Gasteiger partial charge in [0.05, 0.1) is 11.5 Å². The van der Waals surface area contributed by atoms with Gasteiger partial charge in [0.25, 0.3) is 11.6 Å². The minimum atomic E-state index is -0.857. The zero-order chi connectivity index (χ0) is 19.6. The van der Waals surface area contributed by atoms with Crippen molar-refractivity contribution in [3.8, 4) is 0 Å². The Labute approximate surface area is 156 Å². The van der Waals surface area contributed by atoms with Crippen molar-refractivity contribution in [2.75, 3.05) is 18.4 Å². The number of carboxylic acids is 1. The van der Waals surface area contributed by atoms with E-state index in [1.165, 1.54) is 6.07 Å². The summed E-state index contributed by atoms with van der Waals surface area (Å²) < 4.78 is 0. The number of aliphatic carboxylic acids is 1. The first-order valence-electron chi connectivity index (χ1n) is 9.19. The van der Waals surface area contributed by atoms with E-state index in [9.17, 15) is 19.7 Å². The van der Waals surface area contributed by atoms with Crippen LogP contribution in [0.1, 0.15) is 43.0 Å². The summed E-state index contributed by atoms with van der Waals surface area (Å²) in [4.78, 5) is 35.8. The summed E-state index contributed by atoms with van der Waals surface area (Å²) in [6, 6.07) is 4.86. The van der Waals surface area contributed by atoms with Crippen molar-refractivity contribution in [1.29, 1.82) is 0 Å². The van der Waals surface area contributed by atoms with Crippen LogP contribution in [0.4, 0.5) is 11.4 Å². The highest BCUT2D eigenvalue weighted by atomic mass is 16.6. The molecule has 9 nitrogen and oxygen atoms in total. The molecule has 3 N–H and O–H groups in total. The zero-order valence-corrected chi connectivity index (χ0v) is 15.2. The van der Waals surface area contributed by atoms with E-state index in [2.05, 4.69) is 10.6 Å². The number of anilines is 1. The number of hydrogen-bond donors (Lipinski definition) is 3. The molecule has 0 unspecified atom stereocenters. The lowest BCUT2D eigenvalue weighted by atomic mass is 9.85. The van der Waals surface area contributed by atoms with Gasteiger partial charge in [0.1, 0.15) is 5.69 Å². The Morgan fingerprint density at radius 1 is 1.30 bits per heavy atom. The third-order valence-electron chi connectivity index (χ3n) is 5.10. The van der Waals surface area contributed by atoms with Gasteiger partial charge in [-0.3, -0.25) is 24.6 Å². The summed E-state index contributed by atoms with van der Waals surface area (Å²) in [7, 11) is 0. The Balaban J connectivity index is 1.62. The second-order valence-electron chi connectivity index (χ2n) is 7.16. The van der Waals surface area contributed by atoms with Gasteiger partial charge in [0, 0.05) is 29.8 Å². The minimum Gasteiger partial charge on any atom is -0.480 e. The van der Waals surface area contributed by atoms with Crippen LogP contribution in [0.15, 0.2) is 18.2 Å². The highest BCUT2D eigenvalue weighted by molar-refractivity contribution is 5.96. The molecule has 0 bridgehead atoms. The van der Waals surface area contributed by atoms with Gasteiger partial charge < -0.3 is 15.7 Å². The monoisotopic (exact) mass is 376 g/mol. The Morgan fingerprint density at radius 2 is 2.00 bits per heavy atom. The fourth-order valence-electron chi connectivity index (χ4n) is 3.34. The molecule has 0 saturated heterocycles. The molecule has 0 aliphatic heterocycles. The number of nitrogens with one attached hydrogen (secondary N) is 2. The van der Waals surface area contributed by atoms with E-state index < -0.39 is 10.9 Å². The number of carbonyl (C=O) groups excluding carboxylic acids is 1. The van der Waals surface area contributed by atoms with Gasteiger partial charge in [-0.15, -0.1) is 0 Å². The Bertz CT molecular complexity index is 743. The van der Waals surface area contributed by atoms with Crippen molar-refractivity contribution in [3.05, 3.63) is 33.9 Å². The van der Waals surface area contributed by atoms with Crippen LogP contribution in [0.25, 0.3) is 0 Å². The van der Waals surface area contributed by atoms with Gasteiger partial charge in [-0.25, -0.2) is 0 Å². The van der Waals surface area contributed by atoms with Crippen LogP contribution in [0, 0.1) is 10.1 Å². The molecule has 0 aromatic heterocycles. The highest BCUT2D eigenvalue weighted by Crippen LogP contribution is 2.33. The molecule has 1 amide bonds. The number of rotatable bonds is 9. The number of amides is 1. The second-order valence-corrected chi connectivity index (χ2v) is 7.16. The smallest absolute Gasteiger partial charge is 0.317 e. The average Bonchev–Trinajstić information content (AvgIpc) is 3.39. The molecule has 2 saturated carbocycles. The van der Waals surface area contributed by atoms with Gasteiger partial charge in [-0.1, -0.05) is 6.92 Å².